The van der Waals surface area contributed by atoms with E-state index in [1.165, 1.54) is 4.90 Å². The van der Waals surface area contributed by atoms with Crippen LogP contribution in [0.4, 0.5) is 5.69 Å². The number of nitrogens with one attached hydrogen (secondary N) is 1. The van der Waals surface area contributed by atoms with Gasteiger partial charge in [0.05, 0.1) is 25.3 Å². The number of hydrogen-bond donors (Lipinski definition) is 1. The molecule has 2 amide bonds. The minimum absolute atomic E-state index is 0.0637. The lowest BCUT2D eigenvalue weighted by Crippen LogP contribution is -2.32. The third-order valence-corrected chi connectivity index (χ3v) is 5.25. The number of rotatable bonds is 8. The number of imide groups is 1. The summed E-state index contributed by atoms with van der Waals surface area (Å²) < 4.78 is 11.1. The first-order valence-corrected chi connectivity index (χ1v) is 10.8. The quantitative estimate of drug-likeness (QED) is 0.504. The highest BCUT2D eigenvalue weighted by Gasteiger charge is 2.39. The minimum atomic E-state index is -0.382. The molecule has 4 rings (SSSR count). The van der Waals surface area contributed by atoms with Gasteiger partial charge in [-0.1, -0.05) is 48.5 Å². The summed E-state index contributed by atoms with van der Waals surface area (Å²) in [5, 5.41) is 3.18. The smallest absolute Gasteiger partial charge is 0.278 e. The topological polar surface area (TPSA) is 67.9 Å². The number of carbonyl (C=O) groups excluding carboxylic acids is 2. The van der Waals surface area contributed by atoms with Crippen LogP contribution in [0, 0.1) is 0 Å². The van der Waals surface area contributed by atoms with E-state index in [4.69, 9.17) is 9.47 Å². The molecule has 0 bridgehead atoms. The maximum atomic E-state index is 13.4. The highest BCUT2D eigenvalue weighted by molar-refractivity contribution is 6.36. The average Bonchev–Trinajstić information content (AvgIpc) is 3.05. The van der Waals surface area contributed by atoms with Crippen molar-refractivity contribution in [3.63, 3.8) is 0 Å². The van der Waals surface area contributed by atoms with E-state index in [1.807, 2.05) is 92.7 Å². The molecule has 6 nitrogen and oxygen atoms in total. The van der Waals surface area contributed by atoms with Crippen molar-refractivity contribution in [2.24, 2.45) is 0 Å². The van der Waals surface area contributed by atoms with Crippen LogP contribution < -0.4 is 14.8 Å². The van der Waals surface area contributed by atoms with Crippen molar-refractivity contribution < 1.29 is 19.1 Å². The molecule has 33 heavy (non-hydrogen) atoms. The Kier molecular flexibility index (Phi) is 6.45. The van der Waals surface area contributed by atoms with E-state index in [2.05, 4.69) is 5.32 Å². The summed E-state index contributed by atoms with van der Waals surface area (Å²) in [6, 6.07) is 23.9. The summed E-state index contributed by atoms with van der Waals surface area (Å²) in [4.78, 5) is 28.1. The number of carbonyl (C=O) groups is 2. The molecule has 0 aliphatic carbocycles. The normalized spacial score (nSPS) is 13.6. The van der Waals surface area contributed by atoms with Crippen LogP contribution >= 0.6 is 0 Å². The molecule has 0 unspecified atom stereocenters. The Morgan fingerprint density at radius 1 is 0.848 bits per heavy atom. The van der Waals surface area contributed by atoms with Gasteiger partial charge in [0.25, 0.3) is 11.8 Å². The molecule has 1 aliphatic heterocycles. The Labute approximate surface area is 193 Å². The van der Waals surface area contributed by atoms with Crippen LogP contribution in [0.1, 0.15) is 25.0 Å². The lowest BCUT2D eigenvalue weighted by molar-refractivity contribution is -0.137. The second kappa shape index (κ2) is 9.61. The van der Waals surface area contributed by atoms with E-state index in [9.17, 15) is 9.59 Å². The molecule has 3 aromatic rings. The fourth-order valence-electron chi connectivity index (χ4n) is 3.75. The van der Waals surface area contributed by atoms with E-state index < -0.39 is 0 Å². The van der Waals surface area contributed by atoms with Gasteiger partial charge in [-0.3, -0.25) is 14.5 Å². The van der Waals surface area contributed by atoms with Crippen LogP contribution in [0.25, 0.3) is 5.57 Å². The second-order valence-electron chi connectivity index (χ2n) is 7.94. The first-order valence-electron chi connectivity index (χ1n) is 10.8. The van der Waals surface area contributed by atoms with Gasteiger partial charge in [0.1, 0.15) is 17.2 Å². The Balaban J connectivity index is 1.67. The van der Waals surface area contributed by atoms with Gasteiger partial charge in [0.15, 0.2) is 0 Å². The Bertz CT molecular complexity index is 1180. The number of para-hydroxylation sites is 1. The van der Waals surface area contributed by atoms with Gasteiger partial charge in [-0.2, -0.15) is 0 Å². The number of methoxy groups -OCH3 is 1. The fraction of sp³-hybridized carbons (Fsp3) is 0.185. The van der Waals surface area contributed by atoms with Crippen molar-refractivity contribution in [3.05, 3.63) is 95.7 Å². The van der Waals surface area contributed by atoms with E-state index >= 15 is 0 Å². The van der Waals surface area contributed by atoms with Crippen molar-refractivity contribution in [1.82, 2.24) is 4.90 Å². The van der Waals surface area contributed by atoms with Crippen molar-refractivity contribution >= 4 is 23.1 Å². The lowest BCUT2D eigenvalue weighted by Gasteiger charge is -2.17. The highest BCUT2D eigenvalue weighted by Crippen LogP contribution is 2.33. The van der Waals surface area contributed by atoms with Crippen LogP contribution in [0.2, 0.25) is 0 Å². The number of anilines is 1. The molecular formula is C27H26N2O4. The average molecular weight is 443 g/mol. The van der Waals surface area contributed by atoms with Crippen LogP contribution in [0.3, 0.4) is 0 Å². The Morgan fingerprint density at radius 2 is 1.52 bits per heavy atom. The largest absolute Gasteiger partial charge is 0.496 e. The van der Waals surface area contributed by atoms with Gasteiger partial charge in [-0.05, 0) is 49.7 Å². The molecule has 0 atom stereocenters. The third kappa shape index (κ3) is 4.75. The summed E-state index contributed by atoms with van der Waals surface area (Å²) in [6.45, 7) is 4.04. The maximum Gasteiger partial charge on any atom is 0.278 e. The molecule has 0 fully saturated rings. The molecule has 1 aliphatic rings. The molecular weight excluding hydrogens is 416 g/mol. The fourth-order valence-corrected chi connectivity index (χ4v) is 3.75. The Hall–Kier alpha value is -4.06. The first kappa shape index (κ1) is 22.1. The zero-order valence-corrected chi connectivity index (χ0v) is 18.9. The van der Waals surface area contributed by atoms with Gasteiger partial charge in [-0.25, -0.2) is 0 Å². The number of ether oxygens (including phenoxy) is 2. The molecule has 1 N–H and O–H groups in total. The molecule has 168 valence electrons. The van der Waals surface area contributed by atoms with Gasteiger partial charge in [-0.15, -0.1) is 0 Å². The van der Waals surface area contributed by atoms with Crippen LogP contribution in [-0.2, 0) is 16.1 Å². The predicted octanol–water partition coefficient (Wildman–Crippen LogP) is 4.87. The second-order valence-corrected chi connectivity index (χ2v) is 7.94. The van der Waals surface area contributed by atoms with Crippen molar-refractivity contribution in [3.8, 4) is 11.5 Å². The number of amides is 2. The van der Waals surface area contributed by atoms with Gasteiger partial charge in [0.2, 0.25) is 0 Å². The molecule has 1 heterocycles. The van der Waals surface area contributed by atoms with Crippen molar-refractivity contribution in [2.45, 2.75) is 26.5 Å². The molecule has 3 aromatic carbocycles. The van der Waals surface area contributed by atoms with Gasteiger partial charge >= 0.3 is 0 Å². The number of hydrogen-bond acceptors (Lipinski definition) is 5. The van der Waals surface area contributed by atoms with Crippen molar-refractivity contribution in [1.29, 1.82) is 0 Å². The molecule has 0 saturated carbocycles. The monoisotopic (exact) mass is 442 g/mol. The molecule has 0 spiro atoms. The van der Waals surface area contributed by atoms with Crippen molar-refractivity contribution in [2.75, 3.05) is 12.4 Å². The van der Waals surface area contributed by atoms with E-state index in [0.717, 1.165) is 11.3 Å². The summed E-state index contributed by atoms with van der Waals surface area (Å²) >= 11 is 0. The molecule has 0 radical (unpaired) electrons. The molecule has 0 aromatic heterocycles. The van der Waals surface area contributed by atoms with Crippen LogP contribution in [0.5, 0.6) is 11.5 Å². The third-order valence-electron chi connectivity index (χ3n) is 5.25. The van der Waals surface area contributed by atoms with Crippen LogP contribution in [-0.4, -0.2) is 29.9 Å². The van der Waals surface area contributed by atoms with Gasteiger partial charge < -0.3 is 14.8 Å². The van der Waals surface area contributed by atoms with Crippen LogP contribution in [0.15, 0.2) is 84.6 Å². The van der Waals surface area contributed by atoms with E-state index in [0.29, 0.717) is 22.6 Å². The van der Waals surface area contributed by atoms with Gasteiger partial charge in [0, 0.05) is 11.3 Å². The minimum Gasteiger partial charge on any atom is -0.496 e. The SMILES string of the molecule is COc1ccccc1CN1C(=O)C(Nc2ccc(OC(C)C)cc2)=C(c2ccccc2)C1=O. The zero-order valence-electron chi connectivity index (χ0n) is 18.9. The summed E-state index contributed by atoms with van der Waals surface area (Å²) in [5.41, 5.74) is 2.72. The Morgan fingerprint density at radius 3 is 2.18 bits per heavy atom. The molecule has 6 heteroatoms. The maximum absolute atomic E-state index is 13.4. The summed E-state index contributed by atoms with van der Waals surface area (Å²) in [7, 11) is 1.57. The number of nitrogens with zero attached hydrogens (tertiary/aromatic N) is 1. The number of benzene rings is 3. The standard InChI is InChI=1S/C27H26N2O4/c1-18(2)33-22-15-13-21(14-16-22)28-25-24(19-9-5-4-6-10-19)26(30)29(27(25)31)17-20-11-7-8-12-23(20)32-3/h4-16,18,28H,17H2,1-3H3. The highest BCUT2D eigenvalue weighted by atomic mass is 16.5. The van der Waals surface area contributed by atoms with E-state index in [-0.39, 0.29) is 30.2 Å². The lowest BCUT2D eigenvalue weighted by atomic mass is 10.0. The summed E-state index contributed by atoms with van der Waals surface area (Å²) in [5.74, 6) is 0.632. The van der Waals surface area contributed by atoms with E-state index in [1.54, 1.807) is 7.11 Å². The predicted molar refractivity (Wildman–Crippen MR) is 128 cm³/mol. The first-order chi connectivity index (χ1) is 16.0. The summed E-state index contributed by atoms with van der Waals surface area (Å²) in [6.07, 6.45) is 0.0637. The zero-order chi connectivity index (χ0) is 23.4. The molecule has 0 saturated heterocycles.